The summed E-state index contributed by atoms with van der Waals surface area (Å²) in [7, 11) is 0. The summed E-state index contributed by atoms with van der Waals surface area (Å²) in [4.78, 5) is 40.1. The summed E-state index contributed by atoms with van der Waals surface area (Å²) in [5, 5.41) is 0. The van der Waals surface area contributed by atoms with Gasteiger partial charge in [0.2, 0.25) is 0 Å². The SMILES string of the molecule is CCCCCCCC(=O)CCCCCN(CCCCCC(=O)OCC(CCCC)CCCCCC)CCCCCC(=O)OCC(CCCC)CCCCCC. The molecule has 0 aliphatic carbocycles. The van der Waals surface area contributed by atoms with Crippen LogP contribution in [0, 0.1) is 11.8 Å². The Balaban J connectivity index is 4.62. The van der Waals surface area contributed by atoms with Crippen LogP contribution < -0.4 is 0 Å². The van der Waals surface area contributed by atoms with Crippen LogP contribution in [0.3, 0.4) is 0 Å². The van der Waals surface area contributed by atoms with Crippen LogP contribution in [0.5, 0.6) is 0 Å². The minimum atomic E-state index is -0.0237. The summed E-state index contributed by atoms with van der Waals surface area (Å²) in [6.45, 7) is 15.5. The highest BCUT2D eigenvalue weighted by molar-refractivity contribution is 5.78. The summed E-state index contributed by atoms with van der Waals surface area (Å²) < 4.78 is 11.5. The first-order chi connectivity index (χ1) is 26.9. The highest BCUT2D eigenvalue weighted by Crippen LogP contribution is 2.20. The van der Waals surface area contributed by atoms with E-state index in [0.717, 1.165) is 96.7 Å². The molecule has 326 valence electrons. The van der Waals surface area contributed by atoms with E-state index in [2.05, 4.69) is 39.5 Å². The third-order valence-corrected chi connectivity index (χ3v) is 11.5. The summed E-state index contributed by atoms with van der Waals surface area (Å²) >= 11 is 0. The van der Waals surface area contributed by atoms with Crippen molar-refractivity contribution in [2.45, 2.75) is 253 Å². The van der Waals surface area contributed by atoms with Crippen LogP contribution in [0.4, 0.5) is 0 Å². The Hall–Kier alpha value is -1.43. The lowest BCUT2D eigenvalue weighted by Crippen LogP contribution is -2.27. The molecule has 2 atom stereocenters. The standard InChI is InChI=1S/C49H95NO5/c1-6-11-16-19-25-36-47(51)37-26-20-29-40-50(41-30-21-27-38-48(52)54-43-45(32-14-9-4)34-23-17-12-7-2)42-31-22-28-39-49(53)55-44-46(33-15-10-5)35-24-18-13-8-3/h45-46H,6-44H2,1-5H3. The van der Waals surface area contributed by atoms with Gasteiger partial charge in [0.1, 0.15) is 5.78 Å². The largest absolute Gasteiger partial charge is 0.465 e. The van der Waals surface area contributed by atoms with Crippen LogP contribution in [0.2, 0.25) is 0 Å². The fraction of sp³-hybridized carbons (Fsp3) is 0.939. The number of ether oxygens (including phenoxy) is 2. The number of carbonyl (C=O) groups excluding carboxylic acids is 3. The predicted octanol–water partition coefficient (Wildman–Crippen LogP) is 14.5. The van der Waals surface area contributed by atoms with Crippen molar-refractivity contribution in [1.82, 2.24) is 4.90 Å². The van der Waals surface area contributed by atoms with E-state index in [9.17, 15) is 14.4 Å². The van der Waals surface area contributed by atoms with E-state index in [4.69, 9.17) is 9.47 Å². The molecule has 0 saturated carbocycles. The smallest absolute Gasteiger partial charge is 0.305 e. The molecule has 0 fully saturated rings. The van der Waals surface area contributed by atoms with Gasteiger partial charge in [-0.1, -0.05) is 157 Å². The van der Waals surface area contributed by atoms with Crippen molar-refractivity contribution in [3.63, 3.8) is 0 Å². The Morgan fingerprint density at radius 2 is 0.673 bits per heavy atom. The van der Waals surface area contributed by atoms with Gasteiger partial charge in [-0.05, 0) is 102 Å². The van der Waals surface area contributed by atoms with E-state index in [0.29, 0.717) is 43.7 Å². The van der Waals surface area contributed by atoms with Crippen molar-refractivity contribution < 1.29 is 23.9 Å². The van der Waals surface area contributed by atoms with Crippen molar-refractivity contribution in [3.05, 3.63) is 0 Å². The van der Waals surface area contributed by atoms with E-state index >= 15 is 0 Å². The van der Waals surface area contributed by atoms with Gasteiger partial charge in [-0.25, -0.2) is 0 Å². The molecular weight excluding hydrogens is 683 g/mol. The summed E-state index contributed by atoms with van der Waals surface area (Å²) in [5.74, 6) is 1.43. The van der Waals surface area contributed by atoms with E-state index < -0.39 is 0 Å². The van der Waals surface area contributed by atoms with Crippen molar-refractivity contribution in [3.8, 4) is 0 Å². The van der Waals surface area contributed by atoms with Crippen molar-refractivity contribution in [2.24, 2.45) is 11.8 Å². The summed E-state index contributed by atoms with van der Waals surface area (Å²) in [6, 6.07) is 0. The van der Waals surface area contributed by atoms with Crippen molar-refractivity contribution >= 4 is 17.7 Å². The van der Waals surface area contributed by atoms with Gasteiger partial charge in [0, 0.05) is 25.7 Å². The maximum Gasteiger partial charge on any atom is 0.305 e. The molecule has 0 aromatic heterocycles. The lowest BCUT2D eigenvalue weighted by atomic mass is 9.96. The molecule has 0 N–H and O–H groups in total. The van der Waals surface area contributed by atoms with E-state index in [-0.39, 0.29) is 11.9 Å². The molecule has 55 heavy (non-hydrogen) atoms. The number of Topliss-reactive ketones (excluding diaryl/α,β-unsaturated/α-hetero) is 1. The van der Waals surface area contributed by atoms with Gasteiger partial charge in [-0.3, -0.25) is 14.4 Å². The summed E-state index contributed by atoms with van der Waals surface area (Å²) in [5.41, 5.74) is 0. The van der Waals surface area contributed by atoms with E-state index in [1.54, 1.807) is 0 Å². The van der Waals surface area contributed by atoms with E-state index in [1.807, 2.05) is 0 Å². The topological polar surface area (TPSA) is 72.9 Å². The van der Waals surface area contributed by atoms with Crippen molar-refractivity contribution in [1.29, 1.82) is 0 Å². The Labute approximate surface area is 343 Å². The van der Waals surface area contributed by atoms with Crippen molar-refractivity contribution in [2.75, 3.05) is 32.8 Å². The van der Waals surface area contributed by atoms with Crippen LogP contribution in [0.1, 0.15) is 253 Å². The van der Waals surface area contributed by atoms with Crippen LogP contribution >= 0.6 is 0 Å². The zero-order chi connectivity index (χ0) is 40.5. The van der Waals surface area contributed by atoms with Gasteiger partial charge in [0.25, 0.3) is 0 Å². The average Bonchev–Trinajstić information content (AvgIpc) is 3.18. The quantitative estimate of drug-likeness (QED) is 0.0453. The maximum absolute atomic E-state index is 12.6. The van der Waals surface area contributed by atoms with Gasteiger partial charge in [-0.2, -0.15) is 0 Å². The monoisotopic (exact) mass is 778 g/mol. The molecule has 0 saturated heterocycles. The lowest BCUT2D eigenvalue weighted by Gasteiger charge is -2.22. The number of nitrogens with zero attached hydrogens (tertiary/aromatic N) is 1. The third kappa shape index (κ3) is 37.9. The van der Waals surface area contributed by atoms with Gasteiger partial charge in [0.05, 0.1) is 13.2 Å². The molecule has 0 rings (SSSR count). The first kappa shape index (κ1) is 53.6. The Morgan fingerprint density at radius 3 is 1.05 bits per heavy atom. The second-order valence-electron chi connectivity index (χ2n) is 17.1. The summed E-state index contributed by atoms with van der Waals surface area (Å²) in [6.07, 6.45) is 37.5. The van der Waals surface area contributed by atoms with Gasteiger partial charge in [-0.15, -0.1) is 0 Å². The third-order valence-electron chi connectivity index (χ3n) is 11.5. The maximum atomic E-state index is 12.6. The number of hydrogen-bond donors (Lipinski definition) is 0. The molecule has 0 amide bonds. The van der Waals surface area contributed by atoms with Crippen LogP contribution in [-0.2, 0) is 23.9 Å². The molecule has 0 spiro atoms. The fourth-order valence-corrected chi connectivity index (χ4v) is 7.68. The van der Waals surface area contributed by atoms with E-state index in [1.165, 1.54) is 128 Å². The number of unbranched alkanes of at least 4 members (excludes halogenated alkanes) is 18. The Morgan fingerprint density at radius 1 is 0.364 bits per heavy atom. The second kappa shape index (κ2) is 42.2. The molecule has 0 aliphatic heterocycles. The fourth-order valence-electron chi connectivity index (χ4n) is 7.68. The number of esters is 2. The van der Waals surface area contributed by atoms with Gasteiger partial charge >= 0.3 is 11.9 Å². The number of hydrogen-bond acceptors (Lipinski definition) is 6. The first-order valence-corrected chi connectivity index (χ1v) is 24.4. The van der Waals surface area contributed by atoms with Gasteiger partial charge < -0.3 is 14.4 Å². The van der Waals surface area contributed by atoms with Crippen LogP contribution in [-0.4, -0.2) is 55.5 Å². The molecular formula is C49H95NO5. The number of carbonyl (C=O) groups is 3. The molecule has 0 aromatic carbocycles. The molecule has 0 radical (unpaired) electrons. The Kier molecular flexibility index (Phi) is 41.1. The molecule has 2 unspecified atom stereocenters. The minimum absolute atomic E-state index is 0.0237. The minimum Gasteiger partial charge on any atom is -0.465 e. The number of ketones is 1. The molecule has 6 heteroatoms. The molecule has 0 aromatic rings. The van der Waals surface area contributed by atoms with Gasteiger partial charge in [0.15, 0.2) is 0 Å². The molecule has 0 bridgehead atoms. The lowest BCUT2D eigenvalue weighted by molar-refractivity contribution is -0.146. The zero-order valence-corrected chi connectivity index (χ0v) is 37.7. The predicted molar refractivity (Wildman–Crippen MR) is 236 cm³/mol. The Bertz CT molecular complexity index is 797. The number of rotatable bonds is 44. The molecule has 0 heterocycles. The molecule has 0 aliphatic rings. The highest BCUT2D eigenvalue weighted by atomic mass is 16.5. The van der Waals surface area contributed by atoms with Crippen LogP contribution in [0.15, 0.2) is 0 Å². The van der Waals surface area contributed by atoms with Crippen LogP contribution in [0.25, 0.3) is 0 Å². The first-order valence-electron chi connectivity index (χ1n) is 24.4. The average molecular weight is 778 g/mol. The zero-order valence-electron chi connectivity index (χ0n) is 37.7. The highest BCUT2D eigenvalue weighted by Gasteiger charge is 2.14. The normalized spacial score (nSPS) is 12.6. The molecule has 6 nitrogen and oxygen atoms in total. The second-order valence-corrected chi connectivity index (χ2v) is 17.1.